The summed E-state index contributed by atoms with van der Waals surface area (Å²) in [6, 6.07) is 4.64. The fourth-order valence-corrected chi connectivity index (χ4v) is 2.65. The monoisotopic (exact) mass is 361 g/mol. The second-order valence-corrected chi connectivity index (χ2v) is 7.34. The molecular formula is C19H23NO6. The zero-order valence-electron chi connectivity index (χ0n) is 15.6. The molecule has 26 heavy (non-hydrogen) atoms. The number of amides is 1. The second kappa shape index (κ2) is 6.90. The number of nitrogens with one attached hydrogen (secondary N) is 1. The van der Waals surface area contributed by atoms with Crippen LogP contribution in [0.1, 0.15) is 56.5 Å². The van der Waals surface area contributed by atoms with Crippen LogP contribution in [-0.2, 0) is 29.3 Å². The smallest absolute Gasteiger partial charge is 0.326 e. The molecule has 0 saturated carbocycles. The van der Waals surface area contributed by atoms with Gasteiger partial charge in [0.25, 0.3) is 0 Å². The molecule has 1 heterocycles. The minimum Gasteiger partial charge on any atom is -0.469 e. The third kappa shape index (κ3) is 3.76. The van der Waals surface area contributed by atoms with E-state index in [2.05, 4.69) is 10.1 Å². The highest BCUT2D eigenvalue weighted by Crippen LogP contribution is 2.40. The molecule has 1 amide bonds. The number of esters is 2. The second-order valence-electron chi connectivity index (χ2n) is 7.34. The SMILES string of the molecule is COC(=O)CCC(=O)c1ccc2c(c1)C(C)(C(=O)OC(C)(C)C)C(=O)N2. The van der Waals surface area contributed by atoms with Crippen molar-refractivity contribution in [2.75, 3.05) is 12.4 Å². The average molecular weight is 361 g/mol. The number of Topliss-reactive ketones (excluding diaryl/α,β-unsaturated/α-hetero) is 1. The molecular weight excluding hydrogens is 338 g/mol. The lowest BCUT2D eigenvalue weighted by molar-refractivity contribution is -0.163. The molecule has 0 fully saturated rings. The molecule has 0 spiro atoms. The van der Waals surface area contributed by atoms with E-state index in [0.29, 0.717) is 16.8 Å². The van der Waals surface area contributed by atoms with Crippen molar-refractivity contribution in [3.63, 3.8) is 0 Å². The molecule has 1 aromatic carbocycles. The van der Waals surface area contributed by atoms with Crippen LogP contribution in [-0.4, -0.2) is 36.3 Å². The van der Waals surface area contributed by atoms with Crippen LogP contribution in [0.3, 0.4) is 0 Å². The first-order valence-electron chi connectivity index (χ1n) is 8.28. The Kier molecular flexibility index (Phi) is 5.21. The number of methoxy groups -OCH3 is 1. The van der Waals surface area contributed by atoms with Gasteiger partial charge in [-0.15, -0.1) is 0 Å². The summed E-state index contributed by atoms with van der Waals surface area (Å²) in [5, 5.41) is 2.65. The van der Waals surface area contributed by atoms with Gasteiger partial charge in [-0.25, -0.2) is 0 Å². The first-order chi connectivity index (χ1) is 12.0. The quantitative estimate of drug-likeness (QED) is 0.491. The fourth-order valence-electron chi connectivity index (χ4n) is 2.65. The van der Waals surface area contributed by atoms with Gasteiger partial charge in [-0.1, -0.05) is 0 Å². The predicted molar refractivity (Wildman–Crippen MR) is 93.8 cm³/mol. The Labute approximate surface area is 152 Å². The third-order valence-corrected chi connectivity index (χ3v) is 4.17. The largest absolute Gasteiger partial charge is 0.469 e. The van der Waals surface area contributed by atoms with Gasteiger partial charge in [0.05, 0.1) is 13.5 Å². The van der Waals surface area contributed by atoms with Crippen LogP contribution in [0.4, 0.5) is 5.69 Å². The lowest BCUT2D eigenvalue weighted by Gasteiger charge is -2.27. The highest BCUT2D eigenvalue weighted by molar-refractivity contribution is 6.19. The van der Waals surface area contributed by atoms with Gasteiger partial charge in [0, 0.05) is 23.2 Å². The number of hydrogen-bond donors (Lipinski definition) is 1. The molecule has 1 aromatic rings. The summed E-state index contributed by atoms with van der Waals surface area (Å²) in [5.41, 5.74) is -1.12. The lowest BCUT2D eigenvalue weighted by atomic mass is 9.82. The molecule has 0 bridgehead atoms. The third-order valence-electron chi connectivity index (χ3n) is 4.17. The summed E-state index contributed by atoms with van der Waals surface area (Å²) < 4.78 is 9.93. The van der Waals surface area contributed by atoms with Crippen molar-refractivity contribution >= 4 is 29.3 Å². The standard InChI is InChI=1S/C19H23NO6/c1-18(2,3)26-17(24)19(4)12-10-11(6-7-13(12)20-16(19)23)14(21)8-9-15(22)25-5/h6-7,10H,8-9H2,1-5H3,(H,20,23). The van der Waals surface area contributed by atoms with Crippen LogP contribution >= 0.6 is 0 Å². The van der Waals surface area contributed by atoms with Gasteiger partial charge in [-0.3, -0.25) is 19.2 Å². The number of rotatable bonds is 5. The Bertz CT molecular complexity index is 777. The van der Waals surface area contributed by atoms with E-state index in [4.69, 9.17) is 4.74 Å². The number of anilines is 1. The van der Waals surface area contributed by atoms with Crippen molar-refractivity contribution in [2.24, 2.45) is 0 Å². The molecule has 7 nitrogen and oxygen atoms in total. The van der Waals surface area contributed by atoms with Crippen LogP contribution < -0.4 is 5.32 Å². The molecule has 1 unspecified atom stereocenters. The van der Waals surface area contributed by atoms with Crippen LogP contribution in [0.5, 0.6) is 0 Å². The average Bonchev–Trinajstić information content (AvgIpc) is 2.82. The van der Waals surface area contributed by atoms with Crippen molar-refractivity contribution in [1.82, 2.24) is 0 Å². The summed E-state index contributed by atoms with van der Waals surface area (Å²) in [6.07, 6.45) is -0.0527. The van der Waals surface area contributed by atoms with E-state index >= 15 is 0 Å². The van der Waals surface area contributed by atoms with E-state index in [1.54, 1.807) is 32.9 Å². The molecule has 1 N–H and O–H groups in total. The molecule has 1 aliphatic heterocycles. The van der Waals surface area contributed by atoms with Gasteiger partial charge in [0.1, 0.15) is 5.60 Å². The van der Waals surface area contributed by atoms with Crippen LogP contribution in [0.25, 0.3) is 0 Å². The fraction of sp³-hybridized carbons (Fsp3) is 0.474. The van der Waals surface area contributed by atoms with E-state index in [9.17, 15) is 19.2 Å². The Hall–Kier alpha value is -2.70. The molecule has 7 heteroatoms. The number of ether oxygens (including phenoxy) is 2. The number of ketones is 1. The van der Waals surface area contributed by atoms with Crippen molar-refractivity contribution in [3.05, 3.63) is 29.3 Å². The van der Waals surface area contributed by atoms with Crippen molar-refractivity contribution in [3.8, 4) is 0 Å². The van der Waals surface area contributed by atoms with Crippen LogP contribution in [0, 0.1) is 0 Å². The predicted octanol–water partition coefficient (Wildman–Crippen LogP) is 2.37. The number of carbonyl (C=O) groups excluding carboxylic acids is 4. The first kappa shape index (κ1) is 19.6. The molecule has 0 aromatic heterocycles. The highest BCUT2D eigenvalue weighted by Gasteiger charge is 2.51. The van der Waals surface area contributed by atoms with Gasteiger partial charge < -0.3 is 14.8 Å². The van der Waals surface area contributed by atoms with Gasteiger partial charge in [0.2, 0.25) is 5.91 Å². The summed E-state index contributed by atoms with van der Waals surface area (Å²) in [6.45, 7) is 6.63. The Balaban J connectivity index is 2.33. The van der Waals surface area contributed by atoms with Crippen molar-refractivity contribution in [1.29, 1.82) is 0 Å². The van der Waals surface area contributed by atoms with Crippen molar-refractivity contribution < 1.29 is 28.7 Å². The number of benzene rings is 1. The van der Waals surface area contributed by atoms with Gasteiger partial charge >= 0.3 is 11.9 Å². The van der Waals surface area contributed by atoms with Gasteiger partial charge in [-0.05, 0) is 45.9 Å². The maximum absolute atomic E-state index is 12.7. The number of hydrogen-bond acceptors (Lipinski definition) is 6. The Morgan fingerprint density at radius 2 is 1.81 bits per heavy atom. The first-order valence-corrected chi connectivity index (χ1v) is 8.28. The topological polar surface area (TPSA) is 98.8 Å². The zero-order chi connectivity index (χ0) is 19.7. The highest BCUT2D eigenvalue weighted by atomic mass is 16.6. The number of fused-ring (bicyclic) bond motifs is 1. The summed E-state index contributed by atoms with van der Waals surface area (Å²) >= 11 is 0. The normalized spacial score (nSPS) is 18.7. The zero-order valence-corrected chi connectivity index (χ0v) is 15.6. The summed E-state index contributed by atoms with van der Waals surface area (Å²) in [4.78, 5) is 48.7. The maximum Gasteiger partial charge on any atom is 0.326 e. The Morgan fingerprint density at radius 1 is 1.15 bits per heavy atom. The van der Waals surface area contributed by atoms with E-state index in [1.165, 1.54) is 20.1 Å². The molecule has 0 aliphatic carbocycles. The summed E-state index contributed by atoms with van der Waals surface area (Å²) in [7, 11) is 1.26. The summed E-state index contributed by atoms with van der Waals surface area (Å²) in [5.74, 6) is -1.93. The van der Waals surface area contributed by atoms with Crippen LogP contribution in [0.2, 0.25) is 0 Å². The van der Waals surface area contributed by atoms with E-state index in [1.807, 2.05) is 0 Å². The molecule has 140 valence electrons. The van der Waals surface area contributed by atoms with E-state index < -0.39 is 28.9 Å². The molecule has 2 rings (SSSR count). The molecule has 0 saturated heterocycles. The molecule has 1 atom stereocenters. The van der Waals surface area contributed by atoms with Crippen LogP contribution in [0.15, 0.2) is 18.2 Å². The number of carbonyl (C=O) groups is 4. The minimum absolute atomic E-state index is 0.0179. The Morgan fingerprint density at radius 3 is 2.38 bits per heavy atom. The van der Waals surface area contributed by atoms with E-state index in [0.717, 1.165) is 0 Å². The molecule has 0 radical (unpaired) electrons. The van der Waals surface area contributed by atoms with Crippen molar-refractivity contribution in [2.45, 2.75) is 51.6 Å². The van der Waals surface area contributed by atoms with E-state index in [-0.39, 0.29) is 18.6 Å². The lowest BCUT2D eigenvalue weighted by Crippen LogP contribution is -2.44. The molecule has 1 aliphatic rings. The maximum atomic E-state index is 12.7. The minimum atomic E-state index is -1.54. The van der Waals surface area contributed by atoms with Gasteiger partial charge in [-0.2, -0.15) is 0 Å². The van der Waals surface area contributed by atoms with Gasteiger partial charge in [0.15, 0.2) is 11.2 Å².